The van der Waals surface area contributed by atoms with Crippen LogP contribution in [0.25, 0.3) is 5.52 Å². The molecule has 1 aliphatic rings. The monoisotopic (exact) mass is 357 g/mol. The molecule has 3 aromatic rings. The summed E-state index contributed by atoms with van der Waals surface area (Å²) in [5.74, 6) is -0.934. The highest BCUT2D eigenvalue weighted by Gasteiger charge is 2.36. The molecule has 2 N–H and O–H groups in total. The molecule has 0 saturated heterocycles. The number of hydrogen-bond acceptors (Lipinski definition) is 5. The fourth-order valence-corrected chi connectivity index (χ4v) is 3.91. The molecule has 1 atom stereocenters. The first-order chi connectivity index (χ1) is 11.9. The zero-order valence-electron chi connectivity index (χ0n) is 13.5. The number of nitrogens with zero attached hydrogens (tertiary/aromatic N) is 3. The topological polar surface area (TPSA) is 105 Å². The van der Waals surface area contributed by atoms with Crippen molar-refractivity contribution in [3.05, 3.63) is 53.6 Å². The van der Waals surface area contributed by atoms with Crippen molar-refractivity contribution in [2.24, 2.45) is 0 Å². The van der Waals surface area contributed by atoms with Gasteiger partial charge in [-0.2, -0.15) is 5.10 Å². The molecular formula is C16H15N5O3S. The molecule has 128 valence electrons. The standard InChI is InChI=1S/C16H15N5O3S/c1-9-5-6-21-15(9)14(18-8-19-21)13-11-7-10(25(23,24)17-2)3-4-12(11)20-16(13)22/h3-8,13,17H,1-2H3,(H,20,22). The third-order valence-corrected chi connectivity index (χ3v) is 5.80. The number of rotatable bonds is 3. The second kappa shape index (κ2) is 5.36. The maximum atomic E-state index is 12.6. The van der Waals surface area contributed by atoms with Gasteiger partial charge in [0.1, 0.15) is 12.2 Å². The fourth-order valence-electron chi connectivity index (χ4n) is 3.14. The van der Waals surface area contributed by atoms with Crippen LogP contribution in [-0.4, -0.2) is 36.0 Å². The lowest BCUT2D eigenvalue weighted by atomic mass is 9.95. The third-order valence-electron chi connectivity index (χ3n) is 4.39. The van der Waals surface area contributed by atoms with Gasteiger partial charge in [0.15, 0.2) is 0 Å². The van der Waals surface area contributed by atoms with Gasteiger partial charge in [-0.3, -0.25) is 4.79 Å². The van der Waals surface area contributed by atoms with Crippen molar-refractivity contribution in [1.82, 2.24) is 19.3 Å². The molecule has 1 amide bonds. The number of anilines is 1. The summed E-state index contributed by atoms with van der Waals surface area (Å²) in [6.07, 6.45) is 3.19. The molecule has 1 aliphatic heterocycles. The quantitative estimate of drug-likeness (QED) is 0.728. The van der Waals surface area contributed by atoms with E-state index in [9.17, 15) is 13.2 Å². The Morgan fingerprint density at radius 1 is 1.28 bits per heavy atom. The number of aromatic nitrogens is 3. The molecule has 1 aromatic carbocycles. The van der Waals surface area contributed by atoms with E-state index in [1.165, 1.54) is 25.5 Å². The first kappa shape index (κ1) is 15.7. The van der Waals surface area contributed by atoms with Gasteiger partial charge in [-0.25, -0.2) is 22.6 Å². The van der Waals surface area contributed by atoms with Crippen LogP contribution in [0.3, 0.4) is 0 Å². The number of hydrogen-bond donors (Lipinski definition) is 2. The summed E-state index contributed by atoms with van der Waals surface area (Å²) in [5, 5.41) is 6.95. The molecule has 0 bridgehead atoms. The van der Waals surface area contributed by atoms with E-state index in [0.29, 0.717) is 16.9 Å². The molecule has 0 aliphatic carbocycles. The molecule has 0 fully saturated rings. The largest absolute Gasteiger partial charge is 0.325 e. The van der Waals surface area contributed by atoms with E-state index in [2.05, 4.69) is 20.1 Å². The summed E-state index contributed by atoms with van der Waals surface area (Å²) >= 11 is 0. The SMILES string of the molecule is CNS(=O)(=O)c1ccc2c(c1)C(c1ncnn3ccc(C)c13)C(=O)N2. The molecule has 2 aromatic heterocycles. The lowest BCUT2D eigenvalue weighted by Crippen LogP contribution is -2.19. The highest BCUT2D eigenvalue weighted by Crippen LogP contribution is 2.39. The fraction of sp³-hybridized carbons (Fsp3) is 0.188. The molecule has 0 spiro atoms. The molecule has 0 radical (unpaired) electrons. The zero-order valence-corrected chi connectivity index (χ0v) is 14.3. The van der Waals surface area contributed by atoms with Crippen molar-refractivity contribution in [2.45, 2.75) is 17.7 Å². The molecular weight excluding hydrogens is 342 g/mol. The second-order valence-electron chi connectivity index (χ2n) is 5.82. The Hall–Kier alpha value is -2.78. The Bertz CT molecular complexity index is 1120. The minimum Gasteiger partial charge on any atom is -0.325 e. The Balaban J connectivity index is 1.95. The van der Waals surface area contributed by atoms with Gasteiger partial charge in [0.05, 0.1) is 16.1 Å². The third kappa shape index (κ3) is 2.31. The minimum absolute atomic E-state index is 0.104. The number of carbonyl (C=O) groups is 1. The maximum absolute atomic E-state index is 12.6. The number of amides is 1. The van der Waals surface area contributed by atoms with Crippen LogP contribution < -0.4 is 10.0 Å². The van der Waals surface area contributed by atoms with E-state index < -0.39 is 15.9 Å². The van der Waals surface area contributed by atoms with Crippen molar-refractivity contribution in [2.75, 3.05) is 12.4 Å². The van der Waals surface area contributed by atoms with Gasteiger partial charge >= 0.3 is 0 Å². The van der Waals surface area contributed by atoms with E-state index in [0.717, 1.165) is 11.1 Å². The molecule has 3 heterocycles. The van der Waals surface area contributed by atoms with Crippen LogP contribution in [0.15, 0.2) is 41.7 Å². The van der Waals surface area contributed by atoms with E-state index in [1.807, 2.05) is 13.0 Å². The lowest BCUT2D eigenvalue weighted by Gasteiger charge is -2.12. The van der Waals surface area contributed by atoms with Gasteiger partial charge in [0, 0.05) is 11.9 Å². The summed E-state index contributed by atoms with van der Waals surface area (Å²) in [6, 6.07) is 6.47. The Kier molecular flexibility index (Phi) is 3.37. The van der Waals surface area contributed by atoms with Crippen LogP contribution >= 0.6 is 0 Å². The normalized spacial score (nSPS) is 16.9. The van der Waals surface area contributed by atoms with E-state index >= 15 is 0 Å². The maximum Gasteiger partial charge on any atom is 0.240 e. The first-order valence-corrected chi connectivity index (χ1v) is 9.08. The lowest BCUT2D eigenvalue weighted by molar-refractivity contribution is -0.116. The number of sulfonamides is 1. The van der Waals surface area contributed by atoms with E-state index in [4.69, 9.17) is 0 Å². The number of aryl methyl sites for hydroxylation is 1. The summed E-state index contributed by atoms with van der Waals surface area (Å²) in [7, 11) is -2.26. The van der Waals surface area contributed by atoms with Crippen molar-refractivity contribution in [3.8, 4) is 0 Å². The molecule has 25 heavy (non-hydrogen) atoms. The smallest absolute Gasteiger partial charge is 0.240 e. The van der Waals surface area contributed by atoms with Crippen LogP contribution in [-0.2, 0) is 14.8 Å². The van der Waals surface area contributed by atoms with Crippen LogP contribution in [0.4, 0.5) is 5.69 Å². The molecule has 4 rings (SSSR count). The molecule has 8 nitrogen and oxygen atoms in total. The average Bonchev–Trinajstić information content (AvgIpc) is 3.14. The van der Waals surface area contributed by atoms with E-state index in [-0.39, 0.29) is 10.8 Å². The van der Waals surface area contributed by atoms with Crippen LogP contribution in [0.1, 0.15) is 22.7 Å². The summed E-state index contributed by atoms with van der Waals surface area (Å²) in [5.41, 5.74) is 3.41. The predicted octanol–water partition coefficient (Wildman–Crippen LogP) is 1.03. The Labute approximate surface area is 143 Å². The van der Waals surface area contributed by atoms with Crippen molar-refractivity contribution in [1.29, 1.82) is 0 Å². The minimum atomic E-state index is -3.61. The number of carbonyl (C=O) groups excluding carboxylic acids is 1. The summed E-state index contributed by atoms with van der Waals surface area (Å²) < 4.78 is 28.2. The predicted molar refractivity (Wildman–Crippen MR) is 90.9 cm³/mol. The molecule has 0 saturated carbocycles. The van der Waals surface area contributed by atoms with Crippen LogP contribution in [0.5, 0.6) is 0 Å². The first-order valence-electron chi connectivity index (χ1n) is 7.59. The Morgan fingerprint density at radius 2 is 2.08 bits per heavy atom. The van der Waals surface area contributed by atoms with Crippen LogP contribution in [0.2, 0.25) is 0 Å². The van der Waals surface area contributed by atoms with Gasteiger partial charge in [-0.05, 0) is 49.4 Å². The number of fused-ring (bicyclic) bond motifs is 2. The molecule has 9 heteroatoms. The summed E-state index contributed by atoms with van der Waals surface area (Å²) in [4.78, 5) is 17.0. The van der Waals surface area contributed by atoms with Gasteiger partial charge in [-0.15, -0.1) is 0 Å². The van der Waals surface area contributed by atoms with Gasteiger partial charge in [-0.1, -0.05) is 0 Å². The van der Waals surface area contributed by atoms with E-state index in [1.54, 1.807) is 16.8 Å². The average molecular weight is 357 g/mol. The highest BCUT2D eigenvalue weighted by atomic mass is 32.2. The zero-order chi connectivity index (χ0) is 17.8. The molecule has 1 unspecified atom stereocenters. The van der Waals surface area contributed by atoms with Crippen molar-refractivity contribution in [3.63, 3.8) is 0 Å². The van der Waals surface area contributed by atoms with Crippen LogP contribution in [0, 0.1) is 6.92 Å². The Morgan fingerprint density at radius 3 is 2.84 bits per heavy atom. The second-order valence-corrected chi connectivity index (χ2v) is 7.70. The van der Waals surface area contributed by atoms with Crippen molar-refractivity contribution >= 4 is 27.1 Å². The van der Waals surface area contributed by atoms with Gasteiger partial charge in [0.2, 0.25) is 15.9 Å². The van der Waals surface area contributed by atoms with Gasteiger partial charge in [0.25, 0.3) is 0 Å². The summed E-state index contributed by atoms with van der Waals surface area (Å²) in [6.45, 7) is 1.91. The van der Waals surface area contributed by atoms with Crippen molar-refractivity contribution < 1.29 is 13.2 Å². The highest BCUT2D eigenvalue weighted by molar-refractivity contribution is 7.89. The van der Waals surface area contributed by atoms with Gasteiger partial charge < -0.3 is 5.32 Å². The number of nitrogens with one attached hydrogen (secondary N) is 2. The number of benzene rings is 1.